The Morgan fingerprint density at radius 1 is 1.29 bits per heavy atom. The minimum atomic E-state index is -0.799. The average Bonchev–Trinajstić information content (AvgIpc) is 3.49. The van der Waals surface area contributed by atoms with Crippen molar-refractivity contribution in [3.8, 4) is 0 Å². The molecule has 3 saturated heterocycles. The summed E-state index contributed by atoms with van der Waals surface area (Å²) in [5.74, 6) is -2.14. The van der Waals surface area contributed by atoms with E-state index in [1.165, 1.54) is 6.08 Å². The Morgan fingerprint density at radius 3 is 2.60 bits per heavy atom. The molecule has 0 aliphatic carbocycles. The van der Waals surface area contributed by atoms with Crippen LogP contribution in [-0.2, 0) is 19.1 Å². The van der Waals surface area contributed by atoms with Crippen LogP contribution in [0.4, 0.5) is 0 Å². The maximum Gasteiger partial charge on any atom is 0.311 e. The number of fused-ring (bicyclic) bond motifs is 1. The molecule has 3 heterocycles. The SMILES string of the molecule is C=CCOC(=O)[C@@H]1[C@H]2C(=O)N([C@H](CO)c3ccccc3)C(C(=O)N(CC=C)C(C)C)C23CC[C@H]1S3. The fourth-order valence-corrected chi connectivity index (χ4v) is 8.28. The lowest BCUT2D eigenvalue weighted by atomic mass is 9.71. The highest BCUT2D eigenvalue weighted by atomic mass is 32.2. The summed E-state index contributed by atoms with van der Waals surface area (Å²) in [5.41, 5.74) is 0.752. The van der Waals surface area contributed by atoms with Gasteiger partial charge < -0.3 is 19.6 Å². The minimum absolute atomic E-state index is 0.0741. The third-order valence-electron chi connectivity index (χ3n) is 7.51. The molecular weight excluding hydrogens is 464 g/mol. The molecule has 1 N–H and O–H groups in total. The topological polar surface area (TPSA) is 87.1 Å². The van der Waals surface area contributed by atoms with E-state index in [-0.39, 0.29) is 36.3 Å². The van der Waals surface area contributed by atoms with Crippen LogP contribution in [0.1, 0.15) is 38.3 Å². The van der Waals surface area contributed by atoms with E-state index in [4.69, 9.17) is 4.74 Å². The van der Waals surface area contributed by atoms with Gasteiger partial charge in [0.15, 0.2) is 0 Å². The van der Waals surface area contributed by atoms with Crippen molar-refractivity contribution < 1.29 is 24.2 Å². The highest BCUT2D eigenvalue weighted by Crippen LogP contribution is 2.67. The van der Waals surface area contributed by atoms with Crippen LogP contribution in [-0.4, -0.2) is 74.5 Å². The van der Waals surface area contributed by atoms with Gasteiger partial charge in [-0.15, -0.1) is 18.3 Å². The number of ether oxygens (including phenoxy) is 1. The molecule has 3 fully saturated rings. The molecule has 0 saturated carbocycles. The van der Waals surface area contributed by atoms with Crippen LogP contribution in [0.2, 0.25) is 0 Å². The second-order valence-corrected chi connectivity index (χ2v) is 11.3. The number of aliphatic hydroxyl groups is 1. The van der Waals surface area contributed by atoms with Crippen molar-refractivity contribution >= 4 is 29.5 Å². The summed E-state index contributed by atoms with van der Waals surface area (Å²) in [7, 11) is 0. The molecule has 0 aromatic heterocycles. The Morgan fingerprint density at radius 2 is 2.00 bits per heavy atom. The highest BCUT2D eigenvalue weighted by Gasteiger charge is 2.75. The lowest BCUT2D eigenvalue weighted by Gasteiger charge is -2.40. The van der Waals surface area contributed by atoms with Crippen molar-refractivity contribution in [3.05, 3.63) is 61.2 Å². The molecule has 8 heteroatoms. The molecule has 2 unspecified atom stereocenters. The van der Waals surface area contributed by atoms with Gasteiger partial charge in [0.05, 0.1) is 29.2 Å². The monoisotopic (exact) mass is 498 g/mol. The summed E-state index contributed by atoms with van der Waals surface area (Å²) < 4.78 is 4.67. The lowest BCUT2D eigenvalue weighted by Crippen LogP contribution is -2.57. The van der Waals surface area contributed by atoms with E-state index >= 15 is 0 Å². The third kappa shape index (κ3) is 4.10. The minimum Gasteiger partial charge on any atom is -0.461 e. The van der Waals surface area contributed by atoms with E-state index in [0.29, 0.717) is 13.0 Å². The van der Waals surface area contributed by atoms with Crippen LogP contribution in [0.5, 0.6) is 0 Å². The average molecular weight is 499 g/mol. The molecule has 3 aliphatic heterocycles. The van der Waals surface area contributed by atoms with Crippen LogP contribution in [0.3, 0.4) is 0 Å². The van der Waals surface area contributed by atoms with Crippen molar-refractivity contribution in [2.24, 2.45) is 11.8 Å². The first-order valence-corrected chi connectivity index (χ1v) is 13.0. The molecule has 3 aliphatic rings. The number of hydrogen-bond donors (Lipinski definition) is 1. The van der Waals surface area contributed by atoms with Gasteiger partial charge in [-0.05, 0) is 32.3 Å². The number of esters is 1. The molecule has 2 bridgehead atoms. The maximum absolute atomic E-state index is 14.2. The van der Waals surface area contributed by atoms with Crippen molar-refractivity contribution in [1.29, 1.82) is 0 Å². The number of likely N-dealkylation sites (tertiary alicyclic amines) is 1. The molecule has 0 radical (unpaired) electrons. The second-order valence-electron chi connectivity index (χ2n) is 9.70. The molecule has 7 nitrogen and oxygen atoms in total. The molecule has 4 rings (SSSR count). The Hall–Kier alpha value is -2.58. The van der Waals surface area contributed by atoms with E-state index in [2.05, 4.69) is 13.2 Å². The summed E-state index contributed by atoms with van der Waals surface area (Å²) in [6.45, 7) is 11.4. The zero-order valence-electron chi connectivity index (χ0n) is 20.3. The maximum atomic E-state index is 14.2. The van der Waals surface area contributed by atoms with Crippen LogP contribution in [0, 0.1) is 11.8 Å². The normalized spacial score (nSPS) is 29.7. The van der Waals surface area contributed by atoms with E-state index < -0.39 is 34.6 Å². The molecule has 6 atom stereocenters. The van der Waals surface area contributed by atoms with Gasteiger partial charge in [0.1, 0.15) is 12.6 Å². The van der Waals surface area contributed by atoms with E-state index in [0.717, 1.165) is 12.0 Å². The Labute approximate surface area is 211 Å². The molecular formula is C27H34N2O5S. The third-order valence-corrected chi connectivity index (χ3v) is 9.46. The van der Waals surface area contributed by atoms with Gasteiger partial charge in [0.2, 0.25) is 11.8 Å². The van der Waals surface area contributed by atoms with Crippen LogP contribution >= 0.6 is 11.8 Å². The summed E-state index contributed by atoms with van der Waals surface area (Å²) in [4.78, 5) is 44.8. The predicted octanol–water partition coefficient (Wildman–Crippen LogP) is 2.96. The van der Waals surface area contributed by atoms with Crippen molar-refractivity contribution in [3.63, 3.8) is 0 Å². The first-order chi connectivity index (χ1) is 16.8. The predicted molar refractivity (Wildman–Crippen MR) is 135 cm³/mol. The number of aliphatic hydroxyl groups excluding tert-OH is 1. The largest absolute Gasteiger partial charge is 0.461 e. The number of amides is 2. The molecule has 1 aromatic rings. The summed E-state index contributed by atoms with van der Waals surface area (Å²) in [6, 6.07) is 7.68. The van der Waals surface area contributed by atoms with Crippen LogP contribution < -0.4 is 0 Å². The van der Waals surface area contributed by atoms with Gasteiger partial charge in [0.25, 0.3) is 0 Å². The summed E-state index contributed by atoms with van der Waals surface area (Å²) >= 11 is 1.59. The second kappa shape index (κ2) is 10.2. The first kappa shape index (κ1) is 25.5. The van der Waals surface area contributed by atoms with Crippen molar-refractivity contribution in [2.45, 2.75) is 54.8 Å². The quantitative estimate of drug-likeness (QED) is 0.394. The van der Waals surface area contributed by atoms with Crippen molar-refractivity contribution in [2.75, 3.05) is 19.8 Å². The van der Waals surface area contributed by atoms with Crippen LogP contribution in [0.15, 0.2) is 55.6 Å². The number of carbonyl (C=O) groups excluding carboxylic acids is 3. The smallest absolute Gasteiger partial charge is 0.311 e. The number of hydrogen-bond acceptors (Lipinski definition) is 6. The zero-order chi connectivity index (χ0) is 25.3. The summed E-state index contributed by atoms with van der Waals surface area (Å²) in [6.07, 6.45) is 4.59. The number of carbonyl (C=O) groups is 3. The van der Waals surface area contributed by atoms with Crippen LogP contribution in [0.25, 0.3) is 0 Å². The number of benzene rings is 1. The molecule has 2 amide bonds. The number of rotatable bonds is 10. The van der Waals surface area contributed by atoms with Gasteiger partial charge >= 0.3 is 5.97 Å². The van der Waals surface area contributed by atoms with E-state index in [9.17, 15) is 19.5 Å². The molecule has 1 aromatic carbocycles. The van der Waals surface area contributed by atoms with Crippen molar-refractivity contribution in [1.82, 2.24) is 9.80 Å². The highest BCUT2D eigenvalue weighted by molar-refractivity contribution is 8.02. The lowest BCUT2D eigenvalue weighted by molar-refractivity contribution is -0.153. The number of thioether (sulfide) groups is 1. The Balaban J connectivity index is 1.82. The Kier molecular flexibility index (Phi) is 7.43. The zero-order valence-corrected chi connectivity index (χ0v) is 21.2. The molecule has 1 spiro atoms. The van der Waals surface area contributed by atoms with Gasteiger partial charge in [-0.3, -0.25) is 14.4 Å². The molecule has 35 heavy (non-hydrogen) atoms. The van der Waals surface area contributed by atoms with Gasteiger partial charge in [-0.25, -0.2) is 0 Å². The fourth-order valence-electron chi connectivity index (χ4n) is 6.09. The fraction of sp³-hybridized carbons (Fsp3) is 0.519. The van der Waals surface area contributed by atoms with Gasteiger partial charge in [-0.1, -0.05) is 49.1 Å². The summed E-state index contributed by atoms with van der Waals surface area (Å²) in [5, 5.41) is 10.4. The van der Waals surface area contributed by atoms with E-state index in [1.54, 1.807) is 27.6 Å². The van der Waals surface area contributed by atoms with Gasteiger partial charge in [-0.2, -0.15) is 0 Å². The Bertz CT molecular complexity index is 999. The van der Waals surface area contributed by atoms with Gasteiger partial charge in [0, 0.05) is 17.8 Å². The standard InChI is InChI=1S/C27H34N2O5S/c1-5-14-28(17(3)4)25(32)23-27-13-12-20(35-27)21(26(33)34-15-6-2)22(27)24(31)29(23)19(16-30)18-10-8-7-9-11-18/h5-11,17,19-23,30H,1-2,12-16H2,3-4H3/t19-,20-,21+,22+,23?,27?/m1/s1. The first-order valence-electron chi connectivity index (χ1n) is 12.2. The molecule has 188 valence electrons. The number of nitrogens with zero attached hydrogens (tertiary/aromatic N) is 2. The van der Waals surface area contributed by atoms with E-state index in [1.807, 2.05) is 44.2 Å².